The summed E-state index contributed by atoms with van der Waals surface area (Å²) in [6, 6.07) is 8.55. The first-order chi connectivity index (χ1) is 11.6. The molecule has 0 unspecified atom stereocenters. The van der Waals surface area contributed by atoms with Crippen molar-refractivity contribution >= 4 is 5.91 Å². The van der Waals surface area contributed by atoms with Crippen LogP contribution in [0.1, 0.15) is 18.8 Å². The summed E-state index contributed by atoms with van der Waals surface area (Å²) in [7, 11) is 0. The van der Waals surface area contributed by atoms with E-state index in [-0.39, 0.29) is 12.5 Å². The van der Waals surface area contributed by atoms with Crippen molar-refractivity contribution in [3.63, 3.8) is 0 Å². The number of benzene rings is 1. The quantitative estimate of drug-likeness (QED) is 0.384. The van der Waals surface area contributed by atoms with Crippen molar-refractivity contribution in [3.8, 4) is 0 Å². The van der Waals surface area contributed by atoms with Gasteiger partial charge in [0, 0.05) is 12.5 Å². The smallest absolute Gasteiger partial charge is 0.217 e. The summed E-state index contributed by atoms with van der Waals surface area (Å²) in [6.07, 6.45) is -3.75. The van der Waals surface area contributed by atoms with Gasteiger partial charge in [-0.2, -0.15) is 10.8 Å². The molecule has 0 spiro atoms. The van der Waals surface area contributed by atoms with Crippen LogP contribution in [0.2, 0.25) is 0 Å². The second-order valence-corrected chi connectivity index (χ2v) is 5.74. The van der Waals surface area contributed by atoms with E-state index in [0.29, 0.717) is 0 Å². The van der Waals surface area contributed by atoms with Gasteiger partial charge >= 0.3 is 0 Å². The van der Waals surface area contributed by atoms with Gasteiger partial charge in [-0.3, -0.25) is 10.2 Å². The molecule has 9 nitrogen and oxygen atoms in total. The molecule has 3 rings (SSSR count). The molecule has 0 radical (unpaired) electrons. The minimum absolute atomic E-state index is 0.206. The van der Waals surface area contributed by atoms with Gasteiger partial charge in [-0.15, -0.1) is 0 Å². The first-order valence-corrected chi connectivity index (χ1v) is 7.67. The highest BCUT2D eigenvalue weighted by Gasteiger charge is 2.49. The molecule has 2 aliphatic rings. The molecule has 4 N–H and O–H groups in total. The lowest BCUT2D eigenvalue weighted by molar-refractivity contribution is -0.571. The monoisotopic (exact) mass is 336 g/mol. The number of nitrogens with one attached hydrogen (secondary N) is 3. The Morgan fingerprint density at radius 3 is 2.75 bits per heavy atom. The lowest BCUT2D eigenvalue weighted by Crippen LogP contribution is -2.84. The third kappa shape index (κ3) is 3.39. The van der Waals surface area contributed by atoms with Crippen LogP contribution in [0.25, 0.3) is 5.53 Å². The Bertz CT molecular complexity index is 586. The molecule has 2 aliphatic heterocycles. The van der Waals surface area contributed by atoms with Crippen molar-refractivity contribution in [2.45, 2.75) is 43.8 Å². The van der Waals surface area contributed by atoms with Crippen molar-refractivity contribution in [2.75, 3.05) is 6.61 Å². The second kappa shape index (κ2) is 7.22. The van der Waals surface area contributed by atoms with Crippen LogP contribution in [0.5, 0.6) is 0 Å². The number of carbonyl (C=O) groups is 1. The molecule has 2 fully saturated rings. The van der Waals surface area contributed by atoms with Crippen LogP contribution >= 0.6 is 0 Å². The van der Waals surface area contributed by atoms with Crippen molar-refractivity contribution < 1.29 is 29.3 Å². The van der Waals surface area contributed by atoms with Crippen LogP contribution in [0.4, 0.5) is 0 Å². The molecule has 0 bridgehead atoms. The van der Waals surface area contributed by atoms with Crippen molar-refractivity contribution in [1.29, 1.82) is 0 Å². The molecule has 0 aromatic heterocycles. The van der Waals surface area contributed by atoms with Gasteiger partial charge in [-0.1, -0.05) is 30.3 Å². The number of nitrogens with zero attached hydrogens (tertiary/aromatic N) is 1. The van der Waals surface area contributed by atoms with E-state index >= 15 is 0 Å². The Morgan fingerprint density at radius 1 is 1.33 bits per heavy atom. The Kier molecular flexibility index (Phi) is 5.05. The zero-order chi connectivity index (χ0) is 17.1. The molecule has 9 heteroatoms. The van der Waals surface area contributed by atoms with Crippen LogP contribution in [0.3, 0.4) is 0 Å². The summed E-state index contributed by atoms with van der Waals surface area (Å²) in [4.78, 5) is 11.4. The van der Waals surface area contributed by atoms with E-state index in [0.717, 1.165) is 5.56 Å². The zero-order valence-electron chi connectivity index (χ0n) is 13.1. The lowest BCUT2D eigenvalue weighted by atomic mass is 9.95. The van der Waals surface area contributed by atoms with E-state index in [9.17, 15) is 9.90 Å². The largest absolute Gasteiger partial charge is 0.388 e. The van der Waals surface area contributed by atoms with Crippen LogP contribution < -0.4 is 16.0 Å². The number of fused-ring (bicyclic) bond motifs is 1. The van der Waals surface area contributed by atoms with Gasteiger partial charge in [0.2, 0.25) is 5.91 Å². The molecular weight excluding hydrogens is 316 g/mol. The topological polar surface area (TPSA) is 125 Å². The average Bonchev–Trinajstić information content (AvgIpc) is 2.59. The first-order valence-electron chi connectivity index (χ1n) is 7.67. The zero-order valence-corrected chi connectivity index (χ0v) is 13.1. The summed E-state index contributed by atoms with van der Waals surface area (Å²) >= 11 is 0. The van der Waals surface area contributed by atoms with Gasteiger partial charge in [0.25, 0.3) is 0 Å². The van der Waals surface area contributed by atoms with Crippen LogP contribution in [-0.2, 0) is 19.0 Å². The number of aliphatic hydroxyl groups excluding tert-OH is 1. The highest BCUT2D eigenvalue weighted by molar-refractivity contribution is 5.73. The number of hydrogen-bond acceptors (Lipinski definition) is 5. The lowest BCUT2D eigenvalue weighted by Gasteiger charge is -2.48. The highest BCUT2D eigenvalue weighted by atomic mass is 16.7. The number of carbonyl (C=O) groups excluding carboxylic acids is 1. The van der Waals surface area contributed by atoms with Gasteiger partial charge < -0.3 is 24.6 Å². The van der Waals surface area contributed by atoms with Gasteiger partial charge in [0.05, 0.1) is 12.6 Å². The summed E-state index contributed by atoms with van der Waals surface area (Å²) in [5, 5.41) is 15.0. The van der Waals surface area contributed by atoms with E-state index in [1.165, 1.54) is 6.92 Å². The Morgan fingerprint density at radius 2 is 2.08 bits per heavy atom. The predicted molar refractivity (Wildman–Crippen MR) is 79.7 cm³/mol. The maximum atomic E-state index is 11.4. The number of aliphatic hydroxyl groups is 1. The molecule has 1 amide bonds. The highest BCUT2D eigenvalue weighted by Crippen LogP contribution is 2.33. The summed E-state index contributed by atoms with van der Waals surface area (Å²) in [5.41, 5.74) is 12.1. The standard InChI is InChI=1S/C15H20N4O5/c1-8(20)17-11-12(21)13-10(23-14(11)18-19-16)7-22-15(24-13)9-5-3-2-4-6-9/h2-6,10-15,19,21H,7H2,1H3,(H2-,16,17,18,20)/t10-,11+,12-,13+,14-,15+/m1/s1. The minimum atomic E-state index is -1.05. The van der Waals surface area contributed by atoms with Gasteiger partial charge in [-0.05, 0) is 0 Å². The molecule has 6 atom stereocenters. The maximum Gasteiger partial charge on any atom is 0.217 e. The Balaban J connectivity index is 1.77. The van der Waals surface area contributed by atoms with Crippen molar-refractivity contribution in [1.82, 2.24) is 10.7 Å². The Hall–Kier alpha value is -2.07. The average molecular weight is 336 g/mol. The summed E-state index contributed by atoms with van der Waals surface area (Å²) in [6.45, 7) is 1.54. The number of rotatable bonds is 4. The molecule has 24 heavy (non-hydrogen) atoms. The summed E-state index contributed by atoms with van der Waals surface area (Å²) < 4.78 is 17.3. The van der Waals surface area contributed by atoms with Gasteiger partial charge in [-0.25, -0.2) is 0 Å². The molecule has 1 aromatic rings. The molecule has 2 saturated heterocycles. The number of hydrazine groups is 1. The molecule has 0 aliphatic carbocycles. The predicted octanol–water partition coefficient (Wildman–Crippen LogP) is -1.70. The van der Waals surface area contributed by atoms with E-state index in [4.69, 9.17) is 19.7 Å². The van der Waals surface area contributed by atoms with Crippen molar-refractivity contribution in [3.05, 3.63) is 41.4 Å². The van der Waals surface area contributed by atoms with E-state index in [2.05, 4.69) is 10.7 Å². The first kappa shape index (κ1) is 16.8. The Labute approximate surface area is 138 Å². The molecule has 130 valence electrons. The fourth-order valence-electron chi connectivity index (χ4n) is 2.99. The fourth-order valence-corrected chi connectivity index (χ4v) is 2.99. The fraction of sp³-hybridized carbons (Fsp3) is 0.533. The summed E-state index contributed by atoms with van der Waals surface area (Å²) in [5.74, 6) is -0.336. The second-order valence-electron chi connectivity index (χ2n) is 5.74. The van der Waals surface area contributed by atoms with Crippen LogP contribution in [0.15, 0.2) is 30.3 Å². The maximum absolute atomic E-state index is 11.4. The molecule has 2 heterocycles. The van der Waals surface area contributed by atoms with Gasteiger partial charge in [0.15, 0.2) is 6.29 Å². The SMILES string of the molecule is CC(=O)N[C@H]1[C@@H](O)[C@H]2O[C@@H](c3ccccc3)OC[C@H]2O[C@H]1N[NH+]=[N-]. The molecular formula is C15H20N4O5. The minimum Gasteiger partial charge on any atom is -0.388 e. The number of amides is 1. The molecule has 1 aromatic carbocycles. The van der Waals surface area contributed by atoms with Crippen LogP contribution in [0, 0.1) is 0 Å². The van der Waals surface area contributed by atoms with E-state index < -0.39 is 36.9 Å². The normalized spacial score (nSPS) is 35.6. The third-order valence-electron chi connectivity index (χ3n) is 4.06. The van der Waals surface area contributed by atoms with Crippen LogP contribution in [-0.4, -0.2) is 48.2 Å². The van der Waals surface area contributed by atoms with Crippen molar-refractivity contribution in [2.24, 2.45) is 0 Å². The van der Waals surface area contributed by atoms with E-state index in [1.54, 1.807) is 5.22 Å². The number of ether oxygens (including phenoxy) is 3. The van der Waals surface area contributed by atoms with E-state index in [1.807, 2.05) is 30.3 Å². The number of hydrogen-bond donors (Lipinski definition) is 4. The van der Waals surface area contributed by atoms with Gasteiger partial charge in [0.1, 0.15) is 24.5 Å². The third-order valence-corrected chi connectivity index (χ3v) is 4.06. The molecule has 0 saturated carbocycles.